The summed E-state index contributed by atoms with van der Waals surface area (Å²) in [6, 6.07) is 11.6. The number of hydrogen-bond donors (Lipinski definition) is 1. The molecule has 1 aliphatic carbocycles. The summed E-state index contributed by atoms with van der Waals surface area (Å²) in [5.41, 5.74) is 2.97. The zero-order chi connectivity index (χ0) is 28.2. The third-order valence-corrected chi connectivity index (χ3v) is 8.82. The van der Waals surface area contributed by atoms with Crippen molar-refractivity contribution in [1.82, 2.24) is 15.1 Å². The number of benzene rings is 2. The van der Waals surface area contributed by atoms with E-state index in [4.69, 9.17) is 0 Å². The van der Waals surface area contributed by atoms with Crippen LogP contribution in [0.2, 0.25) is 0 Å². The fraction of sp³-hybridized carbons (Fsp3) is 0.545. The molecule has 0 spiro atoms. The van der Waals surface area contributed by atoms with Gasteiger partial charge in [-0.3, -0.25) is 14.4 Å². The van der Waals surface area contributed by atoms with Crippen molar-refractivity contribution >= 4 is 17.6 Å². The molecule has 1 N–H and O–H groups in total. The van der Waals surface area contributed by atoms with Crippen LogP contribution in [0.3, 0.4) is 0 Å². The van der Waals surface area contributed by atoms with Crippen LogP contribution in [0.1, 0.15) is 75.1 Å². The topological polar surface area (TPSA) is 69.7 Å². The normalized spacial score (nSPS) is 22.9. The average Bonchev–Trinajstić information content (AvgIpc) is 3.38. The van der Waals surface area contributed by atoms with E-state index in [1.54, 1.807) is 17.0 Å². The van der Waals surface area contributed by atoms with Crippen molar-refractivity contribution in [3.05, 3.63) is 71.0 Å². The van der Waals surface area contributed by atoms with Gasteiger partial charge in [-0.15, -0.1) is 0 Å². The van der Waals surface area contributed by atoms with E-state index in [1.165, 1.54) is 42.5 Å². The van der Waals surface area contributed by atoms with Crippen LogP contribution >= 0.6 is 0 Å². The average molecular weight is 548 g/mol. The molecule has 0 bridgehead atoms. The van der Waals surface area contributed by atoms with Crippen molar-refractivity contribution in [3.8, 4) is 0 Å². The van der Waals surface area contributed by atoms with Gasteiger partial charge in [-0.05, 0) is 98.8 Å². The molecular weight excluding hydrogens is 505 g/mol. The van der Waals surface area contributed by atoms with Crippen molar-refractivity contribution in [2.24, 2.45) is 11.8 Å². The van der Waals surface area contributed by atoms with Gasteiger partial charge < -0.3 is 15.1 Å². The van der Waals surface area contributed by atoms with Crippen LogP contribution in [0.15, 0.2) is 48.5 Å². The van der Waals surface area contributed by atoms with Crippen LogP contribution < -0.4 is 5.32 Å². The van der Waals surface area contributed by atoms with Crippen molar-refractivity contribution < 1.29 is 18.8 Å². The predicted octanol–water partition coefficient (Wildman–Crippen LogP) is 4.86. The molecule has 2 heterocycles. The van der Waals surface area contributed by atoms with E-state index >= 15 is 0 Å². The number of halogens is 1. The van der Waals surface area contributed by atoms with Gasteiger partial charge >= 0.3 is 0 Å². The Kier molecular flexibility index (Phi) is 8.99. The van der Waals surface area contributed by atoms with E-state index in [9.17, 15) is 18.8 Å². The van der Waals surface area contributed by atoms with E-state index in [0.29, 0.717) is 37.7 Å². The number of likely N-dealkylation sites (tertiary alicyclic amines) is 1. The van der Waals surface area contributed by atoms with Crippen molar-refractivity contribution in [1.29, 1.82) is 0 Å². The van der Waals surface area contributed by atoms with Gasteiger partial charge in [0.05, 0.1) is 0 Å². The first-order valence-corrected chi connectivity index (χ1v) is 15.0. The summed E-state index contributed by atoms with van der Waals surface area (Å²) >= 11 is 0. The molecule has 0 unspecified atom stereocenters. The second kappa shape index (κ2) is 12.6. The van der Waals surface area contributed by atoms with Gasteiger partial charge in [0.2, 0.25) is 11.8 Å². The first-order valence-electron chi connectivity index (χ1n) is 15.0. The van der Waals surface area contributed by atoms with Crippen LogP contribution in [0.25, 0.3) is 0 Å². The summed E-state index contributed by atoms with van der Waals surface area (Å²) in [5, 5.41) is 3.06. The summed E-state index contributed by atoms with van der Waals surface area (Å²) in [6.45, 7) is 6.99. The number of carbonyl (C=O) groups is 3. The van der Waals surface area contributed by atoms with Crippen molar-refractivity contribution in [2.75, 3.05) is 19.6 Å². The molecule has 2 amide bonds. The predicted molar refractivity (Wildman–Crippen MR) is 153 cm³/mol. The highest BCUT2D eigenvalue weighted by atomic mass is 19.1. The van der Waals surface area contributed by atoms with Crippen molar-refractivity contribution in [3.63, 3.8) is 0 Å². The lowest BCUT2D eigenvalue weighted by molar-refractivity contribution is -0.157. The summed E-state index contributed by atoms with van der Waals surface area (Å²) in [5.74, 6) is -0.831. The molecule has 3 aliphatic rings. The molecule has 5 rings (SSSR count). The van der Waals surface area contributed by atoms with E-state index < -0.39 is 23.9 Å². The molecule has 2 fully saturated rings. The highest BCUT2D eigenvalue weighted by molar-refractivity contribution is 6.00. The van der Waals surface area contributed by atoms with E-state index in [2.05, 4.69) is 22.3 Å². The first-order chi connectivity index (χ1) is 19.3. The lowest BCUT2D eigenvalue weighted by Gasteiger charge is -2.45. The van der Waals surface area contributed by atoms with E-state index in [0.717, 1.165) is 19.6 Å². The minimum absolute atomic E-state index is 0.0700. The molecule has 2 aromatic carbocycles. The maximum Gasteiger partial charge on any atom is 0.247 e. The third-order valence-electron chi connectivity index (χ3n) is 8.82. The molecule has 2 saturated heterocycles. The number of piperazine rings is 1. The lowest BCUT2D eigenvalue weighted by Crippen LogP contribution is -2.66. The number of fused-ring (bicyclic) bond motifs is 1. The Morgan fingerprint density at radius 1 is 0.975 bits per heavy atom. The number of Topliss-reactive ketones (excluding diaryl/α,β-unsaturated/α-hetero) is 1. The molecule has 214 valence electrons. The highest BCUT2D eigenvalue weighted by Crippen LogP contribution is 2.36. The molecule has 2 aliphatic heterocycles. The quantitative estimate of drug-likeness (QED) is 0.461. The van der Waals surface area contributed by atoms with Gasteiger partial charge in [-0.1, -0.05) is 56.7 Å². The number of rotatable bonds is 10. The first kappa shape index (κ1) is 28.5. The minimum Gasteiger partial charge on any atom is -0.342 e. The Morgan fingerprint density at radius 3 is 2.25 bits per heavy atom. The molecule has 0 saturated carbocycles. The Labute approximate surface area is 237 Å². The summed E-state index contributed by atoms with van der Waals surface area (Å²) in [7, 11) is 0. The van der Waals surface area contributed by atoms with Crippen LogP contribution in [-0.4, -0.2) is 59.1 Å². The van der Waals surface area contributed by atoms with Gasteiger partial charge in [0, 0.05) is 6.42 Å². The fourth-order valence-corrected chi connectivity index (χ4v) is 6.82. The minimum atomic E-state index is -0.921. The number of piperidine rings is 1. The van der Waals surface area contributed by atoms with Crippen LogP contribution in [0.4, 0.5) is 4.39 Å². The van der Waals surface area contributed by atoms with Gasteiger partial charge in [-0.25, -0.2) is 4.39 Å². The second-order valence-electron chi connectivity index (χ2n) is 12.2. The summed E-state index contributed by atoms with van der Waals surface area (Å²) in [4.78, 5) is 46.1. The summed E-state index contributed by atoms with van der Waals surface area (Å²) < 4.78 is 14.0. The molecular formula is C33H42FN3O3. The molecule has 40 heavy (non-hydrogen) atoms. The number of nitrogens with one attached hydrogen (secondary N) is 1. The highest BCUT2D eigenvalue weighted by Gasteiger charge is 2.49. The number of amides is 2. The smallest absolute Gasteiger partial charge is 0.247 e. The Bertz CT molecular complexity index is 1180. The maximum absolute atomic E-state index is 14.4. The van der Waals surface area contributed by atoms with Crippen LogP contribution in [0.5, 0.6) is 0 Å². The van der Waals surface area contributed by atoms with E-state index in [1.807, 2.05) is 26.0 Å². The largest absolute Gasteiger partial charge is 0.342 e. The number of hydrogen-bond acceptors (Lipinski definition) is 4. The van der Waals surface area contributed by atoms with E-state index in [-0.39, 0.29) is 29.4 Å². The monoisotopic (exact) mass is 547 g/mol. The molecule has 2 aromatic rings. The molecule has 6 nitrogen and oxygen atoms in total. The van der Waals surface area contributed by atoms with Gasteiger partial charge in [0.25, 0.3) is 0 Å². The van der Waals surface area contributed by atoms with Crippen molar-refractivity contribution in [2.45, 2.75) is 83.3 Å². The van der Waals surface area contributed by atoms with Crippen LogP contribution in [0, 0.1) is 17.7 Å². The lowest BCUT2D eigenvalue weighted by atomic mass is 9.86. The number of nitrogens with zero attached hydrogens (tertiary/aromatic N) is 2. The molecule has 7 heteroatoms. The summed E-state index contributed by atoms with van der Waals surface area (Å²) in [6.07, 6.45) is 6.50. The number of carbonyl (C=O) groups excluding carboxylic acids is 3. The Balaban J connectivity index is 1.44. The van der Waals surface area contributed by atoms with Gasteiger partial charge in [0.15, 0.2) is 5.78 Å². The molecule has 0 aromatic heterocycles. The Morgan fingerprint density at radius 2 is 1.62 bits per heavy atom. The zero-order valence-corrected chi connectivity index (χ0v) is 23.8. The third kappa shape index (κ3) is 6.30. The molecule has 0 radical (unpaired) electrons. The standard InChI is InChI=1S/C33H42FN3O3/c1-22(2)19-28-32(39)35-30(26-20-24-9-4-5-10-25(24)21-26)33(40)37(28)31(23-12-14-27(34)15-13-23)29(38)11-8-18-36-16-6-3-7-17-36/h4-5,9-10,12-15,22,26,28,30-31H,3,6-8,11,16-21H2,1-2H3,(H,35,39)/t28-,30-,31-/m1/s1. The zero-order valence-electron chi connectivity index (χ0n) is 23.8. The Hall–Kier alpha value is -3.06. The van der Waals surface area contributed by atoms with Crippen LogP contribution in [-0.2, 0) is 27.2 Å². The second-order valence-corrected chi connectivity index (χ2v) is 12.2. The SMILES string of the molecule is CC(C)C[C@@H]1C(=O)N[C@H](C2Cc3ccccc3C2)C(=O)N1[C@@H](C(=O)CCCN1CCCCC1)c1ccc(F)cc1. The number of ketones is 1. The maximum atomic E-state index is 14.4. The molecule has 3 atom stereocenters. The fourth-order valence-electron chi connectivity index (χ4n) is 6.82. The van der Waals surface area contributed by atoms with Gasteiger partial charge in [-0.2, -0.15) is 0 Å². The van der Waals surface area contributed by atoms with Gasteiger partial charge in [0.1, 0.15) is 23.9 Å².